The average molecular weight is 260 g/mol. The quantitative estimate of drug-likeness (QED) is 0.684. The predicted octanol–water partition coefficient (Wildman–Crippen LogP) is 2.98. The summed E-state index contributed by atoms with van der Waals surface area (Å²) in [6.07, 6.45) is 5.67. The highest BCUT2D eigenvalue weighted by Crippen LogP contribution is 2.37. The smallest absolute Gasteiger partial charge is 0.228 e. The molecule has 0 saturated heterocycles. The molecular formula is C17H12N2O. The molecule has 0 saturated carbocycles. The first-order valence-corrected chi connectivity index (χ1v) is 6.53. The Kier molecular flexibility index (Phi) is 2.18. The molecule has 0 fully saturated rings. The van der Waals surface area contributed by atoms with Crippen molar-refractivity contribution in [2.24, 2.45) is 5.73 Å². The van der Waals surface area contributed by atoms with Crippen LogP contribution >= 0.6 is 0 Å². The van der Waals surface area contributed by atoms with Crippen molar-refractivity contribution in [3.8, 4) is 0 Å². The zero-order valence-electron chi connectivity index (χ0n) is 10.7. The van der Waals surface area contributed by atoms with Crippen molar-refractivity contribution in [1.29, 1.82) is 0 Å². The number of benzene rings is 2. The summed E-state index contributed by atoms with van der Waals surface area (Å²) in [7, 11) is 0. The van der Waals surface area contributed by atoms with E-state index in [1.54, 1.807) is 6.20 Å². The van der Waals surface area contributed by atoms with Gasteiger partial charge in [-0.1, -0.05) is 36.4 Å². The summed E-state index contributed by atoms with van der Waals surface area (Å²) in [6, 6.07) is 12.2. The zero-order valence-corrected chi connectivity index (χ0v) is 10.7. The number of aromatic nitrogens is 1. The predicted molar refractivity (Wildman–Crippen MR) is 80.2 cm³/mol. The molecule has 3 aromatic rings. The maximum atomic E-state index is 11.5. The number of nitrogens with two attached hydrogens (primary N) is 1. The molecule has 1 aromatic heterocycles. The standard InChI is InChI=1S/C17H12N2O/c18-17(20)15-6-5-10-11-7-8-16-14(2-1-9-19-16)12(11)3-4-13(10)15/h1-9,15H,(H2,18,20). The lowest BCUT2D eigenvalue weighted by Crippen LogP contribution is -2.18. The summed E-state index contributed by atoms with van der Waals surface area (Å²) in [4.78, 5) is 15.8. The van der Waals surface area contributed by atoms with Gasteiger partial charge in [0, 0.05) is 11.6 Å². The van der Waals surface area contributed by atoms with Gasteiger partial charge in [0.15, 0.2) is 0 Å². The van der Waals surface area contributed by atoms with Crippen LogP contribution in [0.25, 0.3) is 27.8 Å². The number of fused-ring (bicyclic) bond motifs is 5. The van der Waals surface area contributed by atoms with Gasteiger partial charge in [-0.3, -0.25) is 9.78 Å². The van der Waals surface area contributed by atoms with Gasteiger partial charge in [0.2, 0.25) is 5.91 Å². The summed E-state index contributed by atoms with van der Waals surface area (Å²) < 4.78 is 0. The van der Waals surface area contributed by atoms with Gasteiger partial charge in [-0.25, -0.2) is 0 Å². The summed E-state index contributed by atoms with van der Waals surface area (Å²) in [5.74, 6) is -0.610. The van der Waals surface area contributed by atoms with Crippen molar-refractivity contribution in [2.45, 2.75) is 5.92 Å². The molecule has 4 rings (SSSR count). The van der Waals surface area contributed by atoms with Gasteiger partial charge < -0.3 is 5.73 Å². The molecule has 1 aliphatic carbocycles. The third kappa shape index (κ3) is 1.40. The van der Waals surface area contributed by atoms with Crippen LogP contribution in [0.1, 0.15) is 17.0 Å². The number of hydrogen-bond acceptors (Lipinski definition) is 2. The molecule has 2 aromatic carbocycles. The van der Waals surface area contributed by atoms with Gasteiger partial charge in [0.1, 0.15) is 0 Å². The average Bonchev–Trinajstić information content (AvgIpc) is 2.91. The topological polar surface area (TPSA) is 56.0 Å². The molecule has 1 amide bonds. The lowest BCUT2D eigenvalue weighted by atomic mass is 9.94. The van der Waals surface area contributed by atoms with Crippen LogP contribution in [0.15, 0.2) is 48.7 Å². The Morgan fingerprint density at radius 2 is 1.90 bits per heavy atom. The van der Waals surface area contributed by atoms with Crippen molar-refractivity contribution < 1.29 is 4.79 Å². The molecule has 0 radical (unpaired) electrons. The molecular weight excluding hydrogens is 248 g/mol. The van der Waals surface area contributed by atoms with Gasteiger partial charge in [-0.2, -0.15) is 0 Å². The highest BCUT2D eigenvalue weighted by molar-refractivity contribution is 6.10. The normalized spacial score (nSPS) is 16.7. The summed E-state index contributed by atoms with van der Waals surface area (Å²) >= 11 is 0. The van der Waals surface area contributed by atoms with Gasteiger partial charge in [-0.05, 0) is 34.0 Å². The van der Waals surface area contributed by atoms with Crippen LogP contribution in [0, 0.1) is 0 Å². The molecule has 3 heteroatoms. The molecule has 20 heavy (non-hydrogen) atoms. The Hall–Kier alpha value is -2.68. The minimum absolute atomic E-state index is 0.304. The molecule has 3 nitrogen and oxygen atoms in total. The third-order valence-corrected chi connectivity index (χ3v) is 3.95. The molecule has 96 valence electrons. The molecule has 1 unspecified atom stereocenters. The minimum Gasteiger partial charge on any atom is -0.369 e. The Morgan fingerprint density at radius 3 is 2.75 bits per heavy atom. The van der Waals surface area contributed by atoms with Crippen molar-refractivity contribution in [3.05, 3.63) is 59.8 Å². The van der Waals surface area contributed by atoms with Crippen LogP contribution in [-0.4, -0.2) is 10.9 Å². The molecule has 1 heterocycles. The number of primary amides is 1. The summed E-state index contributed by atoms with van der Waals surface area (Å²) in [5, 5.41) is 3.43. The Morgan fingerprint density at radius 1 is 1.05 bits per heavy atom. The lowest BCUT2D eigenvalue weighted by molar-refractivity contribution is -0.118. The largest absolute Gasteiger partial charge is 0.369 e. The van der Waals surface area contributed by atoms with Gasteiger partial charge in [0.05, 0.1) is 11.4 Å². The Balaban J connectivity index is 2.09. The molecule has 1 aliphatic rings. The second kappa shape index (κ2) is 3.90. The van der Waals surface area contributed by atoms with E-state index in [0.717, 1.165) is 32.8 Å². The fourth-order valence-electron chi connectivity index (χ4n) is 3.01. The van der Waals surface area contributed by atoms with E-state index in [4.69, 9.17) is 5.73 Å². The first-order valence-electron chi connectivity index (χ1n) is 6.53. The maximum Gasteiger partial charge on any atom is 0.228 e. The Bertz CT molecular complexity index is 896. The number of carbonyl (C=O) groups is 1. The van der Waals surface area contributed by atoms with Crippen LogP contribution in [0.4, 0.5) is 0 Å². The Labute approximate surface area is 115 Å². The molecule has 0 bridgehead atoms. The fourth-order valence-corrected chi connectivity index (χ4v) is 3.01. The second-order valence-electron chi connectivity index (χ2n) is 5.04. The van der Waals surface area contributed by atoms with Crippen LogP contribution < -0.4 is 5.73 Å². The third-order valence-electron chi connectivity index (χ3n) is 3.95. The highest BCUT2D eigenvalue weighted by atomic mass is 16.1. The van der Waals surface area contributed by atoms with Gasteiger partial charge >= 0.3 is 0 Å². The van der Waals surface area contributed by atoms with Crippen molar-refractivity contribution in [1.82, 2.24) is 4.98 Å². The fraction of sp³-hybridized carbons (Fsp3) is 0.0588. The van der Waals surface area contributed by atoms with E-state index in [9.17, 15) is 4.79 Å². The summed E-state index contributed by atoms with van der Waals surface area (Å²) in [6.45, 7) is 0. The van der Waals surface area contributed by atoms with E-state index in [0.29, 0.717) is 0 Å². The number of rotatable bonds is 1. The first kappa shape index (κ1) is 11.2. The van der Waals surface area contributed by atoms with Crippen molar-refractivity contribution >= 4 is 33.7 Å². The highest BCUT2D eigenvalue weighted by Gasteiger charge is 2.23. The summed E-state index contributed by atoms with van der Waals surface area (Å²) in [5.41, 5.74) is 8.52. The number of carbonyl (C=O) groups excluding carboxylic acids is 1. The number of amides is 1. The van der Waals surface area contributed by atoms with E-state index in [2.05, 4.69) is 23.2 Å². The van der Waals surface area contributed by atoms with Crippen LogP contribution in [0.5, 0.6) is 0 Å². The van der Waals surface area contributed by atoms with E-state index in [1.165, 1.54) is 0 Å². The lowest BCUT2D eigenvalue weighted by Gasteiger charge is -2.10. The molecule has 0 aliphatic heterocycles. The monoisotopic (exact) mass is 260 g/mol. The van der Waals surface area contributed by atoms with Crippen molar-refractivity contribution in [2.75, 3.05) is 0 Å². The van der Waals surface area contributed by atoms with Gasteiger partial charge in [-0.15, -0.1) is 0 Å². The zero-order chi connectivity index (χ0) is 13.7. The van der Waals surface area contributed by atoms with Crippen LogP contribution in [0.2, 0.25) is 0 Å². The number of pyridine rings is 1. The molecule has 2 N–H and O–H groups in total. The maximum absolute atomic E-state index is 11.5. The van der Waals surface area contributed by atoms with E-state index >= 15 is 0 Å². The SMILES string of the molecule is NC(=O)C1C=Cc2c1ccc1c2ccc2ncccc21. The van der Waals surface area contributed by atoms with E-state index < -0.39 is 0 Å². The second-order valence-corrected chi connectivity index (χ2v) is 5.04. The number of nitrogens with zero attached hydrogens (tertiary/aromatic N) is 1. The van der Waals surface area contributed by atoms with Gasteiger partial charge in [0.25, 0.3) is 0 Å². The first-order chi connectivity index (χ1) is 9.75. The molecule has 1 atom stereocenters. The van der Waals surface area contributed by atoms with Crippen molar-refractivity contribution in [3.63, 3.8) is 0 Å². The van der Waals surface area contributed by atoms with E-state index in [1.807, 2.05) is 30.4 Å². The number of hydrogen-bond donors (Lipinski definition) is 1. The molecule has 0 spiro atoms. The van der Waals surface area contributed by atoms with Crippen LogP contribution in [0.3, 0.4) is 0 Å². The minimum atomic E-state index is -0.306. The van der Waals surface area contributed by atoms with Crippen LogP contribution in [-0.2, 0) is 4.79 Å². The van der Waals surface area contributed by atoms with E-state index in [-0.39, 0.29) is 11.8 Å².